The Bertz CT molecular complexity index is 1050. The molecule has 1 N–H and O–H groups in total. The van der Waals surface area contributed by atoms with Gasteiger partial charge in [-0.25, -0.2) is 14.8 Å². The predicted octanol–water partition coefficient (Wildman–Crippen LogP) is 4.21. The van der Waals surface area contributed by atoms with Gasteiger partial charge in [-0.2, -0.15) is 9.78 Å². The van der Waals surface area contributed by atoms with Crippen molar-refractivity contribution >= 4 is 17.6 Å². The van der Waals surface area contributed by atoms with E-state index in [1.165, 1.54) is 4.68 Å². The summed E-state index contributed by atoms with van der Waals surface area (Å²) in [6.07, 6.45) is 2.80. The normalized spacial score (nSPS) is 13.2. The van der Waals surface area contributed by atoms with E-state index in [1.807, 2.05) is 52.0 Å². The molecule has 150 valence electrons. The molecule has 0 aliphatic carbocycles. The first-order valence-corrected chi connectivity index (χ1v) is 9.38. The number of rotatable bonds is 3. The molecular formula is C21H23N5O3. The Morgan fingerprint density at radius 3 is 2.62 bits per heavy atom. The Morgan fingerprint density at radius 1 is 1.14 bits per heavy atom. The molecule has 0 saturated heterocycles. The van der Waals surface area contributed by atoms with E-state index in [4.69, 9.17) is 9.47 Å². The zero-order valence-electron chi connectivity index (χ0n) is 16.9. The summed E-state index contributed by atoms with van der Waals surface area (Å²) < 4.78 is 12.0. The van der Waals surface area contributed by atoms with E-state index in [2.05, 4.69) is 20.4 Å². The molecule has 0 amide bonds. The minimum atomic E-state index is -0.568. The maximum absolute atomic E-state index is 12.1. The quantitative estimate of drug-likeness (QED) is 0.713. The van der Waals surface area contributed by atoms with Crippen LogP contribution in [0.25, 0.3) is 11.1 Å². The van der Waals surface area contributed by atoms with E-state index in [1.54, 1.807) is 12.4 Å². The molecule has 8 nitrogen and oxygen atoms in total. The SMILES string of the molecule is Cc1nc2c(c(Nc3ccc(-c4cnn(C(=O)OC(C)(C)C)c4)cc3)n1)COC2. The fraction of sp³-hybridized carbons (Fsp3) is 0.333. The smallest absolute Gasteiger partial charge is 0.435 e. The Labute approximate surface area is 168 Å². The van der Waals surface area contributed by atoms with Crippen LogP contribution in [-0.4, -0.2) is 31.4 Å². The highest BCUT2D eigenvalue weighted by molar-refractivity contribution is 5.73. The lowest BCUT2D eigenvalue weighted by Gasteiger charge is -2.18. The maximum Gasteiger partial charge on any atom is 0.435 e. The third kappa shape index (κ3) is 4.27. The largest absolute Gasteiger partial charge is 0.442 e. The number of carbonyl (C=O) groups is 1. The molecule has 29 heavy (non-hydrogen) atoms. The topological polar surface area (TPSA) is 91.2 Å². The second kappa shape index (κ2) is 7.29. The molecule has 0 spiro atoms. The first-order valence-electron chi connectivity index (χ1n) is 9.38. The lowest BCUT2D eigenvalue weighted by atomic mass is 10.1. The third-order valence-electron chi connectivity index (χ3n) is 4.33. The van der Waals surface area contributed by atoms with Crippen LogP contribution in [0.5, 0.6) is 0 Å². The molecule has 0 bridgehead atoms. The van der Waals surface area contributed by atoms with Gasteiger partial charge in [0.05, 0.1) is 25.1 Å². The van der Waals surface area contributed by atoms with Gasteiger partial charge in [-0.3, -0.25) is 0 Å². The number of nitrogens with one attached hydrogen (secondary N) is 1. The van der Waals surface area contributed by atoms with Crippen LogP contribution >= 0.6 is 0 Å². The average molecular weight is 393 g/mol. The van der Waals surface area contributed by atoms with Gasteiger partial charge in [-0.1, -0.05) is 12.1 Å². The van der Waals surface area contributed by atoms with Gasteiger partial charge >= 0.3 is 6.09 Å². The van der Waals surface area contributed by atoms with Crippen molar-refractivity contribution in [3.05, 3.63) is 53.7 Å². The fourth-order valence-corrected chi connectivity index (χ4v) is 3.04. The van der Waals surface area contributed by atoms with Gasteiger partial charge in [0.25, 0.3) is 0 Å². The van der Waals surface area contributed by atoms with E-state index in [0.717, 1.165) is 33.9 Å². The highest BCUT2D eigenvalue weighted by atomic mass is 16.6. The van der Waals surface area contributed by atoms with Crippen molar-refractivity contribution in [2.45, 2.75) is 46.5 Å². The van der Waals surface area contributed by atoms with Crippen molar-refractivity contribution in [3.63, 3.8) is 0 Å². The van der Waals surface area contributed by atoms with Crippen LogP contribution in [-0.2, 0) is 22.7 Å². The predicted molar refractivity (Wildman–Crippen MR) is 108 cm³/mol. The number of carbonyl (C=O) groups excluding carboxylic acids is 1. The second-order valence-electron chi connectivity index (χ2n) is 7.89. The minimum absolute atomic E-state index is 0.503. The first kappa shape index (κ1) is 19.1. The zero-order valence-corrected chi connectivity index (χ0v) is 16.9. The van der Waals surface area contributed by atoms with Gasteiger partial charge in [0.2, 0.25) is 0 Å². The van der Waals surface area contributed by atoms with Crippen molar-refractivity contribution < 1.29 is 14.3 Å². The molecule has 0 fully saturated rings. The molecule has 8 heteroatoms. The summed E-state index contributed by atoms with van der Waals surface area (Å²) >= 11 is 0. The molecule has 1 aliphatic heterocycles. The molecule has 0 saturated carbocycles. The third-order valence-corrected chi connectivity index (χ3v) is 4.33. The van der Waals surface area contributed by atoms with Gasteiger partial charge in [0, 0.05) is 23.0 Å². The molecule has 0 unspecified atom stereocenters. The number of hydrogen-bond acceptors (Lipinski definition) is 7. The number of anilines is 2. The molecule has 0 radical (unpaired) electrons. The van der Waals surface area contributed by atoms with E-state index in [0.29, 0.717) is 19.0 Å². The molecule has 4 rings (SSSR count). The van der Waals surface area contributed by atoms with E-state index >= 15 is 0 Å². The van der Waals surface area contributed by atoms with Gasteiger partial charge < -0.3 is 14.8 Å². The van der Waals surface area contributed by atoms with Gasteiger partial charge in [0.15, 0.2) is 0 Å². The number of ether oxygens (including phenoxy) is 2. The van der Waals surface area contributed by atoms with Gasteiger partial charge in [-0.05, 0) is 45.4 Å². The average Bonchev–Trinajstić information content (AvgIpc) is 3.30. The Morgan fingerprint density at radius 2 is 1.90 bits per heavy atom. The summed E-state index contributed by atoms with van der Waals surface area (Å²) in [5.74, 6) is 1.48. The van der Waals surface area contributed by atoms with Gasteiger partial charge in [0.1, 0.15) is 17.2 Å². The number of nitrogens with zero attached hydrogens (tertiary/aromatic N) is 4. The lowest BCUT2D eigenvalue weighted by Crippen LogP contribution is -2.27. The van der Waals surface area contributed by atoms with Crippen LogP contribution < -0.4 is 5.32 Å². The Balaban J connectivity index is 1.50. The Kier molecular flexibility index (Phi) is 4.79. The zero-order chi connectivity index (χ0) is 20.6. The summed E-state index contributed by atoms with van der Waals surface area (Å²) in [5.41, 5.74) is 4.04. The molecule has 2 aromatic heterocycles. The highest BCUT2D eigenvalue weighted by Crippen LogP contribution is 2.28. The van der Waals surface area contributed by atoms with Crippen LogP contribution in [0, 0.1) is 6.92 Å². The number of benzene rings is 1. The van der Waals surface area contributed by atoms with E-state index in [9.17, 15) is 4.79 Å². The van der Waals surface area contributed by atoms with E-state index < -0.39 is 11.7 Å². The molecular weight excluding hydrogens is 370 g/mol. The summed E-state index contributed by atoms with van der Waals surface area (Å²) in [6.45, 7) is 8.37. The van der Waals surface area contributed by atoms with Crippen molar-refractivity contribution in [1.82, 2.24) is 19.7 Å². The molecule has 0 atom stereocenters. The van der Waals surface area contributed by atoms with Crippen molar-refractivity contribution in [3.8, 4) is 11.1 Å². The van der Waals surface area contributed by atoms with E-state index in [-0.39, 0.29) is 0 Å². The van der Waals surface area contributed by atoms with Crippen molar-refractivity contribution in [2.75, 3.05) is 5.32 Å². The van der Waals surface area contributed by atoms with Crippen LogP contribution in [0.15, 0.2) is 36.7 Å². The van der Waals surface area contributed by atoms with Crippen LogP contribution in [0.2, 0.25) is 0 Å². The monoisotopic (exact) mass is 393 g/mol. The summed E-state index contributed by atoms with van der Waals surface area (Å²) in [5, 5.41) is 7.46. The number of fused-ring (bicyclic) bond motifs is 1. The maximum atomic E-state index is 12.1. The number of aryl methyl sites for hydroxylation is 1. The molecule has 3 aromatic rings. The Hall–Kier alpha value is -3.26. The van der Waals surface area contributed by atoms with Crippen molar-refractivity contribution in [1.29, 1.82) is 0 Å². The molecule has 1 aromatic carbocycles. The lowest BCUT2D eigenvalue weighted by molar-refractivity contribution is 0.0514. The van der Waals surface area contributed by atoms with Crippen LogP contribution in [0.1, 0.15) is 37.9 Å². The molecule has 1 aliphatic rings. The summed E-state index contributed by atoms with van der Waals surface area (Å²) in [6, 6.07) is 7.84. The first-order chi connectivity index (χ1) is 13.8. The summed E-state index contributed by atoms with van der Waals surface area (Å²) in [7, 11) is 0. The minimum Gasteiger partial charge on any atom is -0.442 e. The van der Waals surface area contributed by atoms with Gasteiger partial charge in [-0.15, -0.1) is 0 Å². The number of hydrogen-bond donors (Lipinski definition) is 1. The molecule has 3 heterocycles. The van der Waals surface area contributed by atoms with Crippen LogP contribution in [0.4, 0.5) is 16.3 Å². The second-order valence-corrected chi connectivity index (χ2v) is 7.89. The number of aromatic nitrogens is 4. The fourth-order valence-electron chi connectivity index (χ4n) is 3.04. The van der Waals surface area contributed by atoms with Crippen molar-refractivity contribution in [2.24, 2.45) is 0 Å². The van der Waals surface area contributed by atoms with Crippen LogP contribution in [0.3, 0.4) is 0 Å². The standard InChI is InChI=1S/C21H23N5O3/c1-13-23-18-12-28-11-17(18)19(24-13)25-16-7-5-14(6-8-16)15-9-22-26(10-15)20(27)29-21(2,3)4/h5-10H,11-12H2,1-4H3,(H,23,24,25). The highest BCUT2D eigenvalue weighted by Gasteiger charge is 2.20. The summed E-state index contributed by atoms with van der Waals surface area (Å²) in [4.78, 5) is 21.1.